The molecule has 2 aromatic rings. The zero-order chi connectivity index (χ0) is 52.9. The van der Waals surface area contributed by atoms with Crippen LogP contribution in [0.4, 0.5) is 17.4 Å². The summed E-state index contributed by atoms with van der Waals surface area (Å²) in [4.78, 5) is 37.7. The summed E-state index contributed by atoms with van der Waals surface area (Å²) in [5.41, 5.74) is 2.56. The molecule has 4 unspecified atom stereocenters. The average molecular weight is 1030 g/mol. The van der Waals surface area contributed by atoms with Crippen LogP contribution in [0.2, 0.25) is 0 Å². The number of carbonyl (C=O) groups is 2. The predicted molar refractivity (Wildman–Crippen MR) is 288 cm³/mol. The van der Waals surface area contributed by atoms with Gasteiger partial charge in [-0.05, 0) is 0 Å². The van der Waals surface area contributed by atoms with Gasteiger partial charge in [-0.25, -0.2) is 0 Å². The number of hydrogen-bond donors (Lipinski definition) is 1. The first-order chi connectivity index (χ1) is 33.8. The number of carbonyl (C=O) groups excluding carboxylic acids is 2. The molecule has 0 aliphatic rings. The van der Waals surface area contributed by atoms with Crippen molar-refractivity contribution in [1.82, 2.24) is 0 Å². The predicted octanol–water partition coefficient (Wildman–Crippen LogP) is 19.7. The Kier molecular flexibility index (Phi) is 30.6. The molecule has 0 bridgehead atoms. The minimum atomic E-state index is -8.15. The third kappa shape index (κ3) is 22.2. The van der Waals surface area contributed by atoms with Gasteiger partial charge in [-0.3, -0.25) is 0 Å². The van der Waals surface area contributed by atoms with Crippen molar-refractivity contribution < 1.29 is 50.4 Å². The SMILES string of the molecule is CCCCCCCCCCCCOC(=O)CCc1cc(C(C)CC)c(OP(O)(F)(Oc2c(C(C)CC)cc(CCC(=O)OCCCCCCCCCCCC)cc2C(C)CC)C(F)(F)F)c(C(C)CC)c1. The molecule has 7 nitrogen and oxygen atoms in total. The standard InChI is InChI=1S/C59H99F4O7P/c1-11-17-19-21-23-25-27-29-31-33-39-67-55(64)37-35-49-41-51(45(7)13-3)57(52(42-49)46(8)14-4)69-71(63,66,59(60,61)62)70-58-53(47(9)15-5)43-50(44-54(58)48(10)16-6)36-38-56(65)68-40-34-32-30-28-26-24-22-20-18-12-2/h41-48,66H,11-40H2,1-10H3. The zero-order valence-corrected chi connectivity index (χ0v) is 47.1. The van der Waals surface area contributed by atoms with Crippen LogP contribution in [0.15, 0.2) is 24.3 Å². The first-order valence-corrected chi connectivity index (χ1v) is 30.3. The molecule has 2 aromatic carbocycles. The van der Waals surface area contributed by atoms with Crippen molar-refractivity contribution in [2.45, 2.75) is 279 Å². The third-order valence-corrected chi connectivity index (χ3v) is 16.5. The van der Waals surface area contributed by atoms with Gasteiger partial charge in [0.15, 0.2) is 0 Å². The van der Waals surface area contributed by atoms with Gasteiger partial charge in [-0.15, -0.1) is 0 Å². The Labute approximate surface area is 429 Å². The van der Waals surface area contributed by atoms with Crippen molar-refractivity contribution in [2.75, 3.05) is 13.2 Å². The summed E-state index contributed by atoms with van der Waals surface area (Å²) in [6, 6.07) is 6.68. The molecule has 0 spiro atoms. The fourth-order valence-corrected chi connectivity index (χ4v) is 10.2. The second-order valence-corrected chi connectivity index (χ2v) is 23.2. The summed E-state index contributed by atoms with van der Waals surface area (Å²) < 4.78 is 87.3. The number of ether oxygens (including phenoxy) is 2. The Balaban J connectivity index is 2.39. The molecule has 0 amide bonds. The van der Waals surface area contributed by atoms with Gasteiger partial charge in [0.2, 0.25) is 0 Å². The van der Waals surface area contributed by atoms with Crippen molar-refractivity contribution in [2.24, 2.45) is 0 Å². The van der Waals surface area contributed by atoms with E-state index in [1.807, 2.05) is 55.4 Å². The molecule has 410 valence electrons. The zero-order valence-electron chi connectivity index (χ0n) is 46.2. The Bertz CT molecular complexity index is 1630. The van der Waals surface area contributed by atoms with Crippen LogP contribution in [-0.4, -0.2) is 36.0 Å². The van der Waals surface area contributed by atoms with Crippen LogP contribution in [0.3, 0.4) is 0 Å². The van der Waals surface area contributed by atoms with Crippen LogP contribution in [0.25, 0.3) is 0 Å². The summed E-state index contributed by atoms with van der Waals surface area (Å²) in [5, 5.41) is 0. The number of halogens is 4. The van der Waals surface area contributed by atoms with E-state index in [0.29, 0.717) is 72.3 Å². The topological polar surface area (TPSA) is 91.3 Å². The Morgan fingerprint density at radius 3 is 0.972 bits per heavy atom. The van der Waals surface area contributed by atoms with Crippen LogP contribution in [0.1, 0.15) is 293 Å². The Morgan fingerprint density at radius 1 is 0.479 bits per heavy atom. The van der Waals surface area contributed by atoms with Crippen LogP contribution in [0.5, 0.6) is 11.5 Å². The van der Waals surface area contributed by atoms with E-state index in [1.54, 1.807) is 24.3 Å². The van der Waals surface area contributed by atoms with E-state index >= 15 is 17.4 Å². The molecule has 0 aromatic heterocycles. The van der Waals surface area contributed by atoms with Gasteiger partial charge in [0, 0.05) is 0 Å². The normalized spacial score (nSPS) is 14.3. The van der Waals surface area contributed by atoms with E-state index in [0.717, 1.165) is 38.5 Å². The maximum atomic E-state index is 17.8. The van der Waals surface area contributed by atoms with E-state index in [2.05, 4.69) is 13.8 Å². The van der Waals surface area contributed by atoms with Gasteiger partial charge >= 0.3 is 314 Å². The van der Waals surface area contributed by atoms with Crippen LogP contribution in [-0.2, 0) is 31.9 Å². The molecule has 1 N–H and O–H groups in total. The van der Waals surface area contributed by atoms with Crippen molar-refractivity contribution in [3.63, 3.8) is 0 Å². The van der Waals surface area contributed by atoms with Crippen LogP contribution in [0, 0.1) is 0 Å². The fraction of sp³-hybridized carbons (Fsp3) is 0.763. The monoisotopic (exact) mass is 1030 g/mol. The van der Waals surface area contributed by atoms with Crippen molar-refractivity contribution in [1.29, 1.82) is 0 Å². The quantitative estimate of drug-likeness (QED) is 0.0308. The molecule has 0 saturated heterocycles. The Morgan fingerprint density at radius 2 is 0.732 bits per heavy atom. The van der Waals surface area contributed by atoms with Gasteiger partial charge in [0.25, 0.3) is 0 Å². The van der Waals surface area contributed by atoms with Gasteiger partial charge in [0.1, 0.15) is 0 Å². The van der Waals surface area contributed by atoms with E-state index in [4.69, 9.17) is 18.5 Å². The number of rotatable bonds is 40. The molecule has 0 heterocycles. The molecule has 0 aliphatic heterocycles. The summed E-state index contributed by atoms with van der Waals surface area (Å²) in [6.45, 7) is 19.9. The average Bonchev–Trinajstić information content (AvgIpc) is 3.34. The number of aryl methyl sites for hydroxylation is 2. The molecule has 0 saturated carbocycles. The van der Waals surface area contributed by atoms with Crippen LogP contribution >= 0.6 is 7.59 Å². The molecular formula is C59H99F4O7P. The first-order valence-electron chi connectivity index (χ1n) is 28.4. The minimum absolute atomic E-state index is 0.0689. The number of hydrogen-bond acceptors (Lipinski definition) is 7. The molecular weight excluding hydrogens is 928 g/mol. The molecule has 0 aliphatic carbocycles. The number of unbranched alkanes of at least 4 members (excludes halogenated alkanes) is 18. The van der Waals surface area contributed by atoms with Gasteiger partial charge in [-0.2, -0.15) is 0 Å². The fourth-order valence-electron chi connectivity index (χ4n) is 8.95. The van der Waals surface area contributed by atoms with Crippen LogP contribution < -0.4 is 9.05 Å². The molecule has 0 radical (unpaired) electrons. The summed E-state index contributed by atoms with van der Waals surface area (Å²) in [5.74, 6) is -9.08. The molecule has 0 fully saturated rings. The second-order valence-electron chi connectivity index (χ2n) is 20.7. The van der Waals surface area contributed by atoms with Crippen molar-refractivity contribution >= 4 is 19.5 Å². The third-order valence-electron chi connectivity index (χ3n) is 14.7. The van der Waals surface area contributed by atoms with Gasteiger partial charge < -0.3 is 0 Å². The van der Waals surface area contributed by atoms with E-state index in [-0.39, 0.29) is 49.1 Å². The molecule has 71 heavy (non-hydrogen) atoms. The summed E-state index contributed by atoms with van der Waals surface area (Å²) in [6.07, 6.45) is 26.0. The van der Waals surface area contributed by atoms with E-state index < -0.39 is 37.2 Å². The molecule has 2 rings (SSSR count). The van der Waals surface area contributed by atoms with Gasteiger partial charge in [0.05, 0.1) is 0 Å². The van der Waals surface area contributed by atoms with E-state index in [1.165, 1.54) is 89.9 Å². The summed E-state index contributed by atoms with van der Waals surface area (Å²) >= 11 is 0. The molecule has 4 atom stereocenters. The first kappa shape index (κ1) is 64.2. The van der Waals surface area contributed by atoms with E-state index in [9.17, 15) is 14.5 Å². The molecule has 12 heteroatoms. The summed E-state index contributed by atoms with van der Waals surface area (Å²) in [7, 11) is -8.15. The van der Waals surface area contributed by atoms with Crippen molar-refractivity contribution in [3.8, 4) is 11.5 Å². The number of esters is 2. The van der Waals surface area contributed by atoms with Gasteiger partial charge in [-0.1, -0.05) is 117 Å². The number of benzene rings is 2. The van der Waals surface area contributed by atoms with Crippen molar-refractivity contribution in [3.05, 3.63) is 57.6 Å². The Hall–Kier alpha value is -2.91. The second kappa shape index (κ2) is 33.8. The number of alkyl halides is 3. The maximum absolute atomic E-state index is 17.8.